The lowest BCUT2D eigenvalue weighted by Crippen LogP contribution is -2.26. The topological polar surface area (TPSA) is 118 Å². The number of carboxylic acid groups (broad SMARTS) is 1. The average molecular weight is 508 g/mol. The zero-order chi connectivity index (χ0) is 27.4. The number of nitrogen functional groups attached to an aromatic ring is 1. The average Bonchev–Trinajstić information content (AvgIpc) is 3.09. The van der Waals surface area contributed by atoms with Crippen molar-refractivity contribution in [3.05, 3.63) is 82.7 Å². The molecule has 3 aromatic rings. The van der Waals surface area contributed by atoms with Gasteiger partial charge in [0.05, 0.1) is 17.1 Å². The number of hydrogen-bond donors (Lipinski definition) is 3. The van der Waals surface area contributed by atoms with E-state index in [1.54, 1.807) is 13.2 Å². The van der Waals surface area contributed by atoms with Crippen LogP contribution in [-0.4, -0.2) is 41.2 Å². The number of fused-ring (bicyclic) bond motifs is 1. The van der Waals surface area contributed by atoms with Gasteiger partial charge in [-0.2, -0.15) is 0 Å². The summed E-state index contributed by atoms with van der Waals surface area (Å²) in [5.41, 5.74) is 12.9. The van der Waals surface area contributed by atoms with Gasteiger partial charge in [0.2, 0.25) is 0 Å². The molecule has 0 saturated heterocycles. The molecule has 4 rings (SSSR count). The molecule has 5 N–H and O–H groups in total. The summed E-state index contributed by atoms with van der Waals surface area (Å²) in [6, 6.07) is 15.9. The molecule has 0 saturated carbocycles. The Morgan fingerprint density at radius 1 is 1.14 bits per heavy atom. The van der Waals surface area contributed by atoms with Gasteiger partial charge in [-0.15, -0.1) is 0 Å². The minimum absolute atomic E-state index is 0.164. The van der Waals surface area contributed by atoms with E-state index >= 15 is 0 Å². The predicted molar refractivity (Wildman–Crippen MR) is 151 cm³/mol. The highest BCUT2D eigenvalue weighted by molar-refractivity contribution is 5.69. The Balaban J connectivity index is 0.000000311. The van der Waals surface area contributed by atoms with Gasteiger partial charge >= 0.3 is 5.97 Å². The first-order chi connectivity index (χ1) is 17.7. The van der Waals surface area contributed by atoms with Gasteiger partial charge in [-0.3, -0.25) is 14.7 Å². The summed E-state index contributed by atoms with van der Waals surface area (Å²) in [4.78, 5) is 17.5. The number of pyridine rings is 1. The van der Waals surface area contributed by atoms with Crippen LogP contribution in [0, 0.1) is 13.8 Å². The molecular weight excluding hydrogens is 466 g/mol. The highest BCUT2D eigenvalue weighted by Gasteiger charge is 2.17. The third-order valence-electron chi connectivity index (χ3n) is 6.00. The second-order valence-corrected chi connectivity index (χ2v) is 8.78. The molecule has 0 atom stereocenters. The van der Waals surface area contributed by atoms with Crippen LogP contribution in [0.2, 0.25) is 0 Å². The van der Waals surface area contributed by atoms with Crippen LogP contribution in [0.15, 0.2) is 54.7 Å². The van der Waals surface area contributed by atoms with Crippen LogP contribution >= 0.6 is 0 Å². The van der Waals surface area contributed by atoms with Crippen molar-refractivity contribution in [2.75, 3.05) is 30.9 Å². The van der Waals surface area contributed by atoms with Crippen molar-refractivity contribution in [3.8, 4) is 5.75 Å². The Morgan fingerprint density at radius 2 is 1.89 bits per heavy atom. The van der Waals surface area contributed by atoms with E-state index in [0.29, 0.717) is 13.0 Å². The number of carbonyl (C=O) groups is 1. The Bertz CT molecular complexity index is 1150. The molecule has 0 bridgehead atoms. The molecular formula is C29H41N5O3. The molecule has 0 radical (unpaired) electrons. The van der Waals surface area contributed by atoms with E-state index in [1.165, 1.54) is 16.1 Å². The molecule has 200 valence electrons. The Morgan fingerprint density at radius 3 is 2.57 bits per heavy atom. The van der Waals surface area contributed by atoms with E-state index in [4.69, 9.17) is 21.4 Å². The normalized spacial score (nSPS) is 12.5. The summed E-state index contributed by atoms with van der Waals surface area (Å²) in [6.07, 6.45) is 2.52. The van der Waals surface area contributed by atoms with Crippen molar-refractivity contribution in [1.29, 1.82) is 0 Å². The van der Waals surface area contributed by atoms with E-state index < -0.39 is 5.97 Å². The number of hydrogen-bond acceptors (Lipinski definition) is 7. The predicted octanol–water partition coefficient (Wildman–Crippen LogP) is 4.72. The summed E-state index contributed by atoms with van der Waals surface area (Å²) in [6.45, 7) is 11.1. The highest BCUT2D eigenvalue weighted by atomic mass is 16.5. The number of anilines is 2. The molecule has 0 aliphatic carbocycles. The second-order valence-electron chi connectivity index (χ2n) is 8.78. The standard InChI is InChI=1S/C19H22N2O3.C8H13N3.C2H6/c1-14-4-5-15(6-7-19(22)23)11-16(14)12-21-9-10-24-18-3-2-8-20-17(18)13-21;1-6-4-3-5-7(8(6)9)11(2)10;1-2/h2-5,8,11H,6-7,9-10,12-13H2,1H3,(H,22,23);3-5H,9-10H2,1-2H3;1-2H3. The van der Waals surface area contributed by atoms with Gasteiger partial charge in [0.15, 0.2) is 0 Å². The molecule has 1 aliphatic heterocycles. The lowest BCUT2D eigenvalue weighted by atomic mass is 10.0. The van der Waals surface area contributed by atoms with Gasteiger partial charge in [-0.1, -0.05) is 44.2 Å². The van der Waals surface area contributed by atoms with Gasteiger partial charge in [0.25, 0.3) is 0 Å². The van der Waals surface area contributed by atoms with Gasteiger partial charge in [-0.25, -0.2) is 5.84 Å². The van der Waals surface area contributed by atoms with Crippen LogP contribution in [-0.2, 0) is 24.3 Å². The minimum atomic E-state index is -0.760. The maximum Gasteiger partial charge on any atom is 0.303 e. The molecule has 0 spiro atoms. The molecule has 0 fully saturated rings. The number of rotatable bonds is 6. The number of aryl methyl sites for hydroxylation is 3. The third kappa shape index (κ3) is 9.08. The second kappa shape index (κ2) is 14.8. The van der Waals surface area contributed by atoms with Crippen molar-refractivity contribution in [1.82, 2.24) is 9.88 Å². The summed E-state index contributed by atoms with van der Waals surface area (Å²) in [5, 5.41) is 10.4. The third-order valence-corrected chi connectivity index (χ3v) is 6.00. The maximum atomic E-state index is 10.8. The Hall–Kier alpha value is -3.62. The number of aromatic nitrogens is 1. The number of aliphatic carboxylic acids is 1. The van der Waals surface area contributed by atoms with Crippen LogP contribution in [0.3, 0.4) is 0 Å². The molecule has 1 aliphatic rings. The van der Waals surface area contributed by atoms with Crippen molar-refractivity contribution >= 4 is 17.3 Å². The van der Waals surface area contributed by atoms with Gasteiger partial charge in [0, 0.05) is 39.3 Å². The zero-order valence-electron chi connectivity index (χ0n) is 22.7. The highest BCUT2D eigenvalue weighted by Crippen LogP contribution is 2.24. The molecule has 1 aromatic heterocycles. The largest absolute Gasteiger partial charge is 0.490 e. The van der Waals surface area contributed by atoms with Crippen LogP contribution < -0.4 is 21.3 Å². The van der Waals surface area contributed by atoms with E-state index in [1.807, 2.05) is 57.2 Å². The van der Waals surface area contributed by atoms with E-state index in [0.717, 1.165) is 53.6 Å². The van der Waals surface area contributed by atoms with Gasteiger partial charge in [0.1, 0.15) is 12.4 Å². The Kier molecular flexibility index (Phi) is 11.9. The number of nitrogens with two attached hydrogens (primary N) is 2. The monoisotopic (exact) mass is 507 g/mol. The fraction of sp³-hybridized carbons (Fsp3) is 0.379. The number of ether oxygens (including phenoxy) is 1. The number of benzene rings is 2. The van der Waals surface area contributed by atoms with Crippen molar-refractivity contribution in [2.24, 2.45) is 5.84 Å². The smallest absolute Gasteiger partial charge is 0.303 e. The fourth-order valence-electron chi connectivity index (χ4n) is 3.90. The van der Waals surface area contributed by atoms with Crippen LogP contribution in [0.25, 0.3) is 0 Å². The fourth-order valence-corrected chi connectivity index (χ4v) is 3.90. The van der Waals surface area contributed by atoms with Crippen LogP contribution in [0.1, 0.15) is 48.2 Å². The number of para-hydroxylation sites is 1. The van der Waals surface area contributed by atoms with E-state index in [2.05, 4.69) is 28.9 Å². The van der Waals surface area contributed by atoms with E-state index in [-0.39, 0.29) is 6.42 Å². The summed E-state index contributed by atoms with van der Waals surface area (Å²) in [5.74, 6) is 5.64. The lowest BCUT2D eigenvalue weighted by molar-refractivity contribution is -0.136. The van der Waals surface area contributed by atoms with Crippen molar-refractivity contribution < 1.29 is 14.6 Å². The number of hydrazine groups is 1. The summed E-state index contributed by atoms with van der Waals surface area (Å²) in [7, 11) is 1.77. The first kappa shape index (κ1) is 29.6. The molecule has 0 amide bonds. The van der Waals surface area contributed by atoms with Gasteiger partial charge < -0.3 is 20.6 Å². The van der Waals surface area contributed by atoms with Crippen molar-refractivity contribution in [3.63, 3.8) is 0 Å². The van der Waals surface area contributed by atoms with Crippen molar-refractivity contribution in [2.45, 2.75) is 53.6 Å². The van der Waals surface area contributed by atoms with Gasteiger partial charge in [-0.05, 0) is 60.7 Å². The molecule has 2 aromatic carbocycles. The number of carboxylic acids is 1. The summed E-state index contributed by atoms with van der Waals surface area (Å²) >= 11 is 0. The Labute approximate surface area is 220 Å². The first-order valence-corrected chi connectivity index (χ1v) is 12.7. The SMILES string of the molecule is CC.Cc1ccc(CCC(=O)O)cc1CN1CCOc2cccnc2C1.Cc1cccc(N(C)N)c1N. The van der Waals surface area contributed by atoms with Crippen LogP contribution in [0.4, 0.5) is 11.4 Å². The molecule has 2 heterocycles. The molecule has 8 heteroatoms. The minimum Gasteiger partial charge on any atom is -0.490 e. The zero-order valence-corrected chi connectivity index (χ0v) is 22.7. The quantitative estimate of drug-likeness (QED) is 0.249. The summed E-state index contributed by atoms with van der Waals surface area (Å²) < 4.78 is 5.77. The molecule has 0 unspecified atom stereocenters. The number of nitrogens with zero attached hydrogens (tertiary/aromatic N) is 3. The lowest BCUT2D eigenvalue weighted by Gasteiger charge is -2.20. The first-order valence-electron chi connectivity index (χ1n) is 12.7. The van der Waals surface area contributed by atoms with E-state index in [9.17, 15) is 4.79 Å². The van der Waals surface area contributed by atoms with Crippen LogP contribution in [0.5, 0.6) is 5.75 Å². The molecule has 8 nitrogen and oxygen atoms in total. The maximum absolute atomic E-state index is 10.8. The molecule has 37 heavy (non-hydrogen) atoms.